The highest BCUT2D eigenvalue weighted by Crippen LogP contribution is 2.33. The van der Waals surface area contributed by atoms with E-state index in [-0.39, 0.29) is 11.7 Å². The lowest BCUT2D eigenvalue weighted by Crippen LogP contribution is -2.18. The van der Waals surface area contributed by atoms with Gasteiger partial charge in [0.25, 0.3) is 5.91 Å². The van der Waals surface area contributed by atoms with Crippen molar-refractivity contribution < 1.29 is 23.4 Å². The van der Waals surface area contributed by atoms with Crippen LogP contribution in [0.2, 0.25) is 5.02 Å². The standard InChI is InChI=1S/C33H29ClFN3O4S/c1-40-27-15-13-26(14-16-27)36-33-38(19-18-21-4-17-28(41-2)29(20-21)42-3)30(22-7-11-25(35)12-8-22)32(43-33)37-31(39)23-5-9-24(34)10-6-23/h4-17,20H,18-19H2,1-3H3,(H,37,39). The lowest BCUT2D eigenvalue weighted by Gasteiger charge is -2.13. The Morgan fingerprint density at radius 2 is 1.58 bits per heavy atom. The van der Waals surface area contributed by atoms with Crippen LogP contribution in [0, 0.1) is 5.82 Å². The van der Waals surface area contributed by atoms with Gasteiger partial charge in [0.15, 0.2) is 16.3 Å². The first-order chi connectivity index (χ1) is 20.9. The minimum Gasteiger partial charge on any atom is -0.497 e. The number of rotatable bonds is 10. The number of thiazole rings is 1. The molecule has 43 heavy (non-hydrogen) atoms. The van der Waals surface area contributed by atoms with Crippen LogP contribution in [0.5, 0.6) is 17.2 Å². The minimum absolute atomic E-state index is 0.302. The Morgan fingerprint density at radius 1 is 0.884 bits per heavy atom. The van der Waals surface area contributed by atoms with Crippen molar-refractivity contribution in [3.05, 3.63) is 118 Å². The highest BCUT2D eigenvalue weighted by atomic mass is 35.5. The number of ether oxygens (including phenoxy) is 3. The van der Waals surface area contributed by atoms with Gasteiger partial charge in [-0.25, -0.2) is 9.38 Å². The molecule has 0 atom stereocenters. The van der Waals surface area contributed by atoms with Crippen LogP contribution in [-0.4, -0.2) is 31.8 Å². The number of benzene rings is 4. The minimum atomic E-state index is -0.356. The predicted molar refractivity (Wildman–Crippen MR) is 169 cm³/mol. The number of methoxy groups -OCH3 is 3. The number of aryl methyl sites for hydroxylation is 1. The van der Waals surface area contributed by atoms with Gasteiger partial charge in [-0.1, -0.05) is 29.0 Å². The van der Waals surface area contributed by atoms with Crippen LogP contribution in [0.15, 0.2) is 96.0 Å². The molecule has 1 heterocycles. The van der Waals surface area contributed by atoms with E-state index >= 15 is 0 Å². The van der Waals surface area contributed by atoms with Gasteiger partial charge < -0.3 is 24.1 Å². The summed E-state index contributed by atoms with van der Waals surface area (Å²) in [4.78, 5) is 18.9. The van der Waals surface area contributed by atoms with Gasteiger partial charge >= 0.3 is 0 Å². The Hall–Kier alpha value is -4.60. The molecule has 0 aliphatic carbocycles. The van der Waals surface area contributed by atoms with E-state index in [1.807, 2.05) is 47.0 Å². The van der Waals surface area contributed by atoms with Gasteiger partial charge in [0.05, 0.1) is 32.7 Å². The van der Waals surface area contributed by atoms with Crippen LogP contribution in [0.3, 0.4) is 0 Å². The van der Waals surface area contributed by atoms with E-state index in [2.05, 4.69) is 5.32 Å². The number of carbonyl (C=O) groups is 1. The summed E-state index contributed by atoms with van der Waals surface area (Å²) in [5.74, 6) is 1.33. The number of nitrogens with zero attached hydrogens (tertiary/aromatic N) is 2. The van der Waals surface area contributed by atoms with E-state index in [9.17, 15) is 9.18 Å². The van der Waals surface area contributed by atoms with Crippen LogP contribution < -0.4 is 24.3 Å². The molecule has 220 valence electrons. The number of halogens is 2. The van der Waals surface area contributed by atoms with Crippen molar-refractivity contribution >= 4 is 39.5 Å². The highest BCUT2D eigenvalue weighted by molar-refractivity contribution is 7.14. The summed E-state index contributed by atoms with van der Waals surface area (Å²) in [6.07, 6.45) is 0.617. The summed E-state index contributed by atoms with van der Waals surface area (Å²) >= 11 is 7.37. The van der Waals surface area contributed by atoms with E-state index < -0.39 is 0 Å². The van der Waals surface area contributed by atoms with E-state index in [0.717, 1.165) is 16.9 Å². The van der Waals surface area contributed by atoms with Crippen LogP contribution >= 0.6 is 22.9 Å². The second kappa shape index (κ2) is 13.6. The van der Waals surface area contributed by atoms with Gasteiger partial charge in [-0.05, 0) is 96.9 Å². The Bertz CT molecular complexity index is 1780. The molecule has 0 saturated carbocycles. The lowest BCUT2D eigenvalue weighted by molar-refractivity contribution is 0.102. The summed E-state index contributed by atoms with van der Waals surface area (Å²) in [6.45, 7) is 0.504. The molecule has 0 fully saturated rings. The number of carbonyl (C=O) groups excluding carboxylic acids is 1. The second-order valence-corrected chi connectivity index (χ2v) is 10.8. The summed E-state index contributed by atoms with van der Waals surface area (Å²) in [6, 6.07) is 26.0. The zero-order valence-corrected chi connectivity index (χ0v) is 25.3. The third-order valence-electron chi connectivity index (χ3n) is 6.73. The monoisotopic (exact) mass is 617 g/mol. The number of aromatic nitrogens is 1. The maximum absolute atomic E-state index is 14.0. The number of hydrogen-bond donors (Lipinski definition) is 1. The fraction of sp³-hybridized carbons (Fsp3) is 0.152. The van der Waals surface area contributed by atoms with Crippen LogP contribution in [0.1, 0.15) is 15.9 Å². The summed E-state index contributed by atoms with van der Waals surface area (Å²) in [7, 11) is 4.81. The van der Waals surface area contributed by atoms with Crippen molar-refractivity contribution in [2.75, 3.05) is 26.6 Å². The summed E-state index contributed by atoms with van der Waals surface area (Å²) in [5.41, 5.74) is 3.62. The molecule has 0 bridgehead atoms. The normalized spacial score (nSPS) is 11.3. The van der Waals surface area contributed by atoms with Gasteiger partial charge in [-0.2, -0.15) is 0 Å². The van der Waals surface area contributed by atoms with E-state index in [4.69, 9.17) is 30.8 Å². The molecule has 1 N–H and O–H groups in total. The van der Waals surface area contributed by atoms with Crippen molar-refractivity contribution in [1.82, 2.24) is 4.57 Å². The maximum Gasteiger partial charge on any atom is 0.256 e. The molecule has 5 rings (SSSR count). The zero-order chi connectivity index (χ0) is 30.3. The second-order valence-electron chi connectivity index (χ2n) is 9.43. The molecule has 1 amide bonds. The highest BCUT2D eigenvalue weighted by Gasteiger charge is 2.19. The molecule has 1 aromatic heterocycles. The molecule has 7 nitrogen and oxygen atoms in total. The SMILES string of the molecule is COc1ccc(N=c2sc(NC(=O)c3ccc(Cl)cc3)c(-c3ccc(F)cc3)n2CCc2ccc(OC)c(OC)c2)cc1. The van der Waals surface area contributed by atoms with Crippen LogP contribution in [0.4, 0.5) is 15.1 Å². The maximum atomic E-state index is 14.0. The van der Waals surface area contributed by atoms with Gasteiger partial charge in [0.2, 0.25) is 0 Å². The molecule has 0 aliphatic rings. The molecule has 0 spiro atoms. The molecule has 10 heteroatoms. The predicted octanol–water partition coefficient (Wildman–Crippen LogP) is 7.76. The molecule has 0 saturated heterocycles. The molecule has 5 aromatic rings. The van der Waals surface area contributed by atoms with Crippen molar-refractivity contribution in [3.63, 3.8) is 0 Å². The lowest BCUT2D eigenvalue weighted by atomic mass is 10.1. The average molecular weight is 618 g/mol. The summed E-state index contributed by atoms with van der Waals surface area (Å²) < 4.78 is 32.2. The molecule has 0 radical (unpaired) electrons. The molecule has 4 aromatic carbocycles. The molecule has 0 unspecified atom stereocenters. The first kappa shape index (κ1) is 29.9. The van der Waals surface area contributed by atoms with E-state index in [1.54, 1.807) is 57.7 Å². The van der Waals surface area contributed by atoms with E-state index in [1.165, 1.54) is 23.5 Å². The van der Waals surface area contributed by atoms with Gasteiger partial charge in [0, 0.05) is 22.7 Å². The Labute approximate surface area is 257 Å². The molecular weight excluding hydrogens is 589 g/mol. The van der Waals surface area contributed by atoms with Crippen molar-refractivity contribution in [3.8, 4) is 28.5 Å². The largest absolute Gasteiger partial charge is 0.497 e. The average Bonchev–Trinajstić information content (AvgIpc) is 3.36. The fourth-order valence-corrected chi connectivity index (χ4v) is 5.72. The Morgan fingerprint density at radius 3 is 2.23 bits per heavy atom. The van der Waals surface area contributed by atoms with Gasteiger partial charge in [-0.3, -0.25) is 4.79 Å². The number of nitrogens with one attached hydrogen (secondary N) is 1. The number of amides is 1. The first-order valence-corrected chi connectivity index (χ1v) is 14.5. The van der Waals surface area contributed by atoms with E-state index in [0.29, 0.717) is 56.2 Å². The topological polar surface area (TPSA) is 74.1 Å². The number of anilines is 1. The quantitative estimate of drug-likeness (QED) is 0.174. The smallest absolute Gasteiger partial charge is 0.256 e. The number of hydrogen-bond acceptors (Lipinski definition) is 6. The van der Waals surface area contributed by atoms with Crippen molar-refractivity contribution in [2.45, 2.75) is 13.0 Å². The van der Waals surface area contributed by atoms with Gasteiger partial charge in [0.1, 0.15) is 16.6 Å². The van der Waals surface area contributed by atoms with Crippen molar-refractivity contribution in [1.29, 1.82) is 0 Å². The fourth-order valence-electron chi connectivity index (χ4n) is 4.50. The molecule has 0 aliphatic heterocycles. The first-order valence-electron chi connectivity index (χ1n) is 13.3. The van der Waals surface area contributed by atoms with Crippen molar-refractivity contribution in [2.24, 2.45) is 4.99 Å². The van der Waals surface area contributed by atoms with Crippen LogP contribution in [-0.2, 0) is 13.0 Å². The Kier molecular flexibility index (Phi) is 9.44. The summed E-state index contributed by atoms with van der Waals surface area (Å²) in [5, 5.41) is 4.17. The Balaban J connectivity index is 1.63. The van der Waals surface area contributed by atoms with Gasteiger partial charge in [-0.15, -0.1) is 0 Å². The third-order valence-corrected chi connectivity index (χ3v) is 7.98. The van der Waals surface area contributed by atoms with Crippen LogP contribution in [0.25, 0.3) is 11.3 Å². The third kappa shape index (κ3) is 7.07. The molecular formula is C33H29ClFN3O4S. The zero-order valence-electron chi connectivity index (χ0n) is 23.8.